The minimum Gasteiger partial charge on any atom is -0.353 e. The fraction of sp³-hybridized carbons (Fsp3) is 0.909. The molecule has 0 aromatic heterocycles. The highest BCUT2D eigenvalue weighted by atomic mass is 32.2. The highest BCUT2D eigenvalue weighted by Gasteiger charge is 2.34. The lowest BCUT2D eigenvalue weighted by atomic mass is 9.93. The third kappa shape index (κ3) is 3.19. The Morgan fingerprint density at radius 1 is 1.41 bits per heavy atom. The Morgan fingerprint density at radius 2 is 2.00 bits per heavy atom. The quantitative estimate of drug-likeness (QED) is 0.740. The molecule has 0 bridgehead atoms. The van der Waals surface area contributed by atoms with Gasteiger partial charge >= 0.3 is 0 Å². The van der Waals surface area contributed by atoms with Gasteiger partial charge in [0.05, 0.1) is 16.5 Å². The first-order valence-corrected chi connectivity index (χ1v) is 7.86. The van der Waals surface area contributed by atoms with Crippen molar-refractivity contribution in [1.29, 1.82) is 0 Å². The number of amides is 1. The van der Waals surface area contributed by atoms with Crippen molar-refractivity contribution in [3.8, 4) is 0 Å². The van der Waals surface area contributed by atoms with Crippen LogP contribution < -0.4 is 11.1 Å². The summed E-state index contributed by atoms with van der Waals surface area (Å²) in [6, 6.07) is 0. The largest absolute Gasteiger partial charge is 0.353 e. The Labute approximate surface area is 103 Å². The van der Waals surface area contributed by atoms with E-state index in [1.165, 1.54) is 0 Å². The first kappa shape index (κ1) is 14.4. The summed E-state index contributed by atoms with van der Waals surface area (Å²) in [5.74, 6) is -0.00679. The summed E-state index contributed by atoms with van der Waals surface area (Å²) in [5, 5.41) is 2.25. The maximum Gasteiger partial charge on any atom is 0.240 e. The van der Waals surface area contributed by atoms with E-state index in [-0.39, 0.29) is 18.2 Å². The molecule has 0 aliphatic carbocycles. The van der Waals surface area contributed by atoms with Gasteiger partial charge in [0.2, 0.25) is 5.91 Å². The molecule has 100 valence electrons. The number of hydrogen-bond acceptors (Lipinski definition) is 4. The van der Waals surface area contributed by atoms with Crippen LogP contribution in [0.4, 0.5) is 0 Å². The molecule has 1 fully saturated rings. The minimum atomic E-state index is -3.00. The molecule has 1 rings (SSSR count). The molecular formula is C11H22N2O3S. The Kier molecular flexibility index (Phi) is 4.55. The van der Waals surface area contributed by atoms with Crippen LogP contribution in [0.15, 0.2) is 0 Å². The van der Waals surface area contributed by atoms with Gasteiger partial charge in [0.15, 0.2) is 9.84 Å². The van der Waals surface area contributed by atoms with Crippen LogP contribution in [0.1, 0.15) is 39.5 Å². The molecule has 0 aromatic rings. The molecule has 6 heteroatoms. The molecule has 1 aliphatic heterocycles. The maximum atomic E-state index is 11.9. The summed E-state index contributed by atoms with van der Waals surface area (Å²) < 4.78 is 23.2. The van der Waals surface area contributed by atoms with Crippen LogP contribution >= 0.6 is 0 Å². The van der Waals surface area contributed by atoms with Gasteiger partial charge in [-0.1, -0.05) is 13.8 Å². The Hall–Kier alpha value is -0.620. The van der Waals surface area contributed by atoms with Gasteiger partial charge in [-0.15, -0.1) is 0 Å². The van der Waals surface area contributed by atoms with Crippen LogP contribution in [-0.2, 0) is 14.6 Å². The van der Waals surface area contributed by atoms with E-state index in [9.17, 15) is 13.2 Å². The van der Waals surface area contributed by atoms with E-state index in [1.54, 1.807) is 0 Å². The van der Waals surface area contributed by atoms with Crippen LogP contribution in [0.3, 0.4) is 0 Å². The summed E-state index contributed by atoms with van der Waals surface area (Å²) in [6.07, 6.45) is 2.43. The van der Waals surface area contributed by atoms with Gasteiger partial charge in [-0.3, -0.25) is 4.79 Å². The lowest BCUT2D eigenvalue weighted by Crippen LogP contribution is -2.54. The molecule has 1 saturated heterocycles. The van der Waals surface area contributed by atoms with E-state index < -0.39 is 20.6 Å². The van der Waals surface area contributed by atoms with Crippen LogP contribution in [0, 0.1) is 0 Å². The number of carbonyl (C=O) groups is 1. The van der Waals surface area contributed by atoms with Crippen molar-refractivity contribution in [2.75, 3.05) is 12.3 Å². The van der Waals surface area contributed by atoms with Gasteiger partial charge in [0.1, 0.15) is 0 Å². The van der Waals surface area contributed by atoms with Crippen LogP contribution in [-0.4, -0.2) is 37.4 Å². The molecule has 1 unspecified atom stereocenters. The molecule has 0 radical (unpaired) electrons. The molecule has 1 amide bonds. The highest BCUT2D eigenvalue weighted by molar-refractivity contribution is 7.92. The number of carbonyl (C=O) groups excluding carboxylic acids is 1. The van der Waals surface area contributed by atoms with E-state index in [1.807, 2.05) is 13.8 Å². The molecule has 1 heterocycles. The van der Waals surface area contributed by atoms with Gasteiger partial charge < -0.3 is 11.1 Å². The Morgan fingerprint density at radius 3 is 2.41 bits per heavy atom. The Bertz CT molecular complexity index is 374. The molecular weight excluding hydrogens is 240 g/mol. The number of hydrogen-bond donors (Lipinski definition) is 2. The topological polar surface area (TPSA) is 89.3 Å². The molecule has 17 heavy (non-hydrogen) atoms. The van der Waals surface area contributed by atoms with E-state index in [0.717, 1.165) is 0 Å². The molecule has 0 spiro atoms. The third-order valence-corrected chi connectivity index (χ3v) is 5.94. The van der Waals surface area contributed by atoms with E-state index >= 15 is 0 Å². The summed E-state index contributed by atoms with van der Waals surface area (Å²) in [6.45, 7) is 3.91. The van der Waals surface area contributed by atoms with E-state index in [4.69, 9.17) is 5.73 Å². The van der Waals surface area contributed by atoms with Crippen molar-refractivity contribution in [2.24, 2.45) is 5.73 Å². The highest BCUT2D eigenvalue weighted by Crippen LogP contribution is 2.19. The van der Waals surface area contributed by atoms with Crippen molar-refractivity contribution < 1.29 is 13.2 Å². The van der Waals surface area contributed by atoms with Gasteiger partial charge in [-0.05, 0) is 25.7 Å². The molecule has 1 aliphatic rings. The molecule has 0 saturated carbocycles. The van der Waals surface area contributed by atoms with Gasteiger partial charge in [-0.25, -0.2) is 8.42 Å². The standard InChI is InChI=1S/C11H22N2O3S/c1-3-11(12,4-2)10(14)13-8-9-6-5-7-17(9,15)16/h9H,3-8,12H2,1-2H3,(H,13,14). The van der Waals surface area contributed by atoms with Gasteiger partial charge in [0, 0.05) is 6.54 Å². The minimum absolute atomic E-state index is 0.195. The summed E-state index contributed by atoms with van der Waals surface area (Å²) in [7, 11) is -3.00. The number of rotatable bonds is 5. The number of nitrogens with one attached hydrogen (secondary N) is 1. The summed E-state index contributed by atoms with van der Waals surface area (Å²) in [5.41, 5.74) is 5.06. The lowest BCUT2D eigenvalue weighted by Gasteiger charge is -2.25. The van der Waals surface area contributed by atoms with Crippen LogP contribution in [0.2, 0.25) is 0 Å². The second-order valence-corrected chi connectivity index (χ2v) is 7.11. The molecule has 0 aromatic carbocycles. The average Bonchev–Trinajstić information content (AvgIpc) is 2.64. The zero-order valence-electron chi connectivity index (χ0n) is 10.5. The summed E-state index contributed by atoms with van der Waals surface area (Å²) in [4.78, 5) is 11.9. The van der Waals surface area contributed by atoms with Crippen molar-refractivity contribution in [1.82, 2.24) is 5.32 Å². The first-order valence-electron chi connectivity index (χ1n) is 6.14. The maximum absolute atomic E-state index is 11.9. The third-order valence-electron chi connectivity index (χ3n) is 3.67. The summed E-state index contributed by atoms with van der Waals surface area (Å²) >= 11 is 0. The second-order valence-electron chi connectivity index (χ2n) is 4.70. The number of nitrogens with two attached hydrogens (primary N) is 1. The lowest BCUT2D eigenvalue weighted by molar-refractivity contribution is -0.126. The fourth-order valence-corrected chi connectivity index (χ4v) is 3.81. The van der Waals surface area contributed by atoms with E-state index in [2.05, 4.69) is 5.32 Å². The normalized spacial score (nSPS) is 23.6. The Balaban J connectivity index is 2.54. The monoisotopic (exact) mass is 262 g/mol. The van der Waals surface area contributed by atoms with Gasteiger partial charge in [-0.2, -0.15) is 0 Å². The van der Waals surface area contributed by atoms with Crippen LogP contribution in [0.25, 0.3) is 0 Å². The predicted molar refractivity (Wildman–Crippen MR) is 67.3 cm³/mol. The predicted octanol–water partition coefficient (Wildman–Crippen LogP) is 0.197. The first-order chi connectivity index (χ1) is 7.85. The smallest absolute Gasteiger partial charge is 0.240 e. The van der Waals surface area contributed by atoms with Crippen molar-refractivity contribution in [3.05, 3.63) is 0 Å². The van der Waals surface area contributed by atoms with Gasteiger partial charge in [0.25, 0.3) is 0 Å². The average molecular weight is 262 g/mol. The van der Waals surface area contributed by atoms with Crippen molar-refractivity contribution >= 4 is 15.7 Å². The SMILES string of the molecule is CCC(N)(CC)C(=O)NCC1CCCS1(=O)=O. The number of sulfone groups is 1. The van der Waals surface area contributed by atoms with Crippen LogP contribution in [0.5, 0.6) is 0 Å². The van der Waals surface area contributed by atoms with Crippen molar-refractivity contribution in [3.63, 3.8) is 0 Å². The zero-order chi connectivity index (χ0) is 13.1. The molecule has 5 nitrogen and oxygen atoms in total. The zero-order valence-corrected chi connectivity index (χ0v) is 11.3. The van der Waals surface area contributed by atoms with E-state index in [0.29, 0.717) is 25.7 Å². The van der Waals surface area contributed by atoms with Crippen molar-refractivity contribution in [2.45, 2.75) is 50.3 Å². The fourth-order valence-electron chi connectivity index (χ4n) is 2.04. The molecule has 1 atom stereocenters. The molecule has 3 N–H and O–H groups in total. The second kappa shape index (κ2) is 5.35.